The lowest BCUT2D eigenvalue weighted by Crippen LogP contribution is -3.15. The van der Waals surface area contributed by atoms with Gasteiger partial charge >= 0.3 is 0 Å². The van der Waals surface area contributed by atoms with Crippen molar-refractivity contribution in [3.63, 3.8) is 0 Å². The van der Waals surface area contributed by atoms with Crippen LogP contribution in [-0.2, 0) is 16.1 Å². The van der Waals surface area contributed by atoms with E-state index in [1.165, 1.54) is 4.90 Å². The molecule has 2 amide bonds. The van der Waals surface area contributed by atoms with Gasteiger partial charge in [-0.05, 0) is 17.7 Å². The average molecular weight is 306 g/mol. The number of ether oxygens (including phenoxy) is 1. The lowest BCUT2D eigenvalue weighted by Gasteiger charge is -2.31. The van der Waals surface area contributed by atoms with Crippen LogP contribution < -0.4 is 15.0 Å². The number of quaternary nitrogens is 1. The Morgan fingerprint density at radius 2 is 1.86 bits per heavy atom. The maximum atomic E-state index is 12.0. The summed E-state index contributed by atoms with van der Waals surface area (Å²) < 4.78 is 5.10. The second kappa shape index (κ2) is 7.79. The lowest BCUT2D eigenvalue weighted by molar-refractivity contribution is -0.896. The van der Waals surface area contributed by atoms with Crippen LogP contribution in [0.15, 0.2) is 24.3 Å². The second-order valence-electron chi connectivity index (χ2n) is 5.56. The van der Waals surface area contributed by atoms with Crippen molar-refractivity contribution in [3.8, 4) is 5.75 Å². The Bertz CT molecular complexity index is 508. The summed E-state index contributed by atoms with van der Waals surface area (Å²) >= 11 is 0. The quantitative estimate of drug-likeness (QED) is 0.738. The Balaban J connectivity index is 1.70. The fraction of sp³-hybridized carbons (Fsp3) is 0.500. The van der Waals surface area contributed by atoms with E-state index >= 15 is 0 Å². The topological polar surface area (TPSA) is 63.1 Å². The standard InChI is InChI=1S/C16H23N3O3/c1-13(20)19-9-7-18(8-10-19)12-16(21)17-11-14-3-5-15(22-2)6-4-14/h3-6H,7-12H2,1-2H3,(H,17,21)/p+1. The molecule has 6 heteroatoms. The Morgan fingerprint density at radius 3 is 2.41 bits per heavy atom. The maximum Gasteiger partial charge on any atom is 0.275 e. The van der Waals surface area contributed by atoms with Gasteiger partial charge in [0.1, 0.15) is 5.75 Å². The second-order valence-corrected chi connectivity index (χ2v) is 5.56. The molecule has 0 aromatic heterocycles. The van der Waals surface area contributed by atoms with Crippen LogP contribution in [0.3, 0.4) is 0 Å². The van der Waals surface area contributed by atoms with E-state index in [1.807, 2.05) is 29.2 Å². The summed E-state index contributed by atoms with van der Waals surface area (Å²) in [5.41, 5.74) is 1.05. The lowest BCUT2D eigenvalue weighted by atomic mass is 10.2. The van der Waals surface area contributed by atoms with E-state index in [1.54, 1.807) is 14.0 Å². The van der Waals surface area contributed by atoms with Crippen LogP contribution in [0.4, 0.5) is 0 Å². The van der Waals surface area contributed by atoms with Gasteiger partial charge in [0.15, 0.2) is 6.54 Å². The van der Waals surface area contributed by atoms with Crippen LogP contribution in [0.25, 0.3) is 0 Å². The third-order valence-electron chi connectivity index (χ3n) is 3.98. The Kier molecular flexibility index (Phi) is 5.77. The number of hydrogen-bond acceptors (Lipinski definition) is 3. The zero-order valence-electron chi connectivity index (χ0n) is 13.2. The van der Waals surface area contributed by atoms with E-state index in [0.717, 1.165) is 37.5 Å². The SMILES string of the molecule is COc1ccc(CNC(=O)C[NH+]2CCN(C(C)=O)CC2)cc1. The van der Waals surface area contributed by atoms with Crippen molar-refractivity contribution in [2.45, 2.75) is 13.5 Å². The van der Waals surface area contributed by atoms with Gasteiger partial charge in [-0.1, -0.05) is 12.1 Å². The largest absolute Gasteiger partial charge is 0.497 e. The molecule has 1 aromatic carbocycles. The van der Waals surface area contributed by atoms with Crippen LogP contribution in [0.5, 0.6) is 5.75 Å². The maximum absolute atomic E-state index is 12.0. The van der Waals surface area contributed by atoms with E-state index in [4.69, 9.17) is 4.74 Å². The first-order valence-corrected chi connectivity index (χ1v) is 7.57. The highest BCUT2D eigenvalue weighted by atomic mass is 16.5. The number of hydrogen-bond donors (Lipinski definition) is 2. The molecular formula is C16H24N3O3+. The number of benzene rings is 1. The van der Waals surface area contributed by atoms with Crippen molar-refractivity contribution >= 4 is 11.8 Å². The van der Waals surface area contributed by atoms with Crippen molar-refractivity contribution in [1.82, 2.24) is 10.2 Å². The number of nitrogens with one attached hydrogen (secondary N) is 2. The first kappa shape index (κ1) is 16.3. The summed E-state index contributed by atoms with van der Waals surface area (Å²) in [5, 5.41) is 2.94. The summed E-state index contributed by atoms with van der Waals surface area (Å²) in [5.74, 6) is 0.966. The van der Waals surface area contributed by atoms with Crippen molar-refractivity contribution in [3.05, 3.63) is 29.8 Å². The number of carbonyl (C=O) groups is 2. The van der Waals surface area contributed by atoms with Gasteiger partial charge in [-0.2, -0.15) is 0 Å². The third kappa shape index (κ3) is 4.73. The van der Waals surface area contributed by atoms with Gasteiger partial charge < -0.3 is 19.9 Å². The third-order valence-corrected chi connectivity index (χ3v) is 3.98. The molecule has 1 aliphatic heterocycles. The number of rotatable bonds is 5. The highest BCUT2D eigenvalue weighted by Crippen LogP contribution is 2.10. The monoisotopic (exact) mass is 306 g/mol. The smallest absolute Gasteiger partial charge is 0.275 e. The molecule has 1 fully saturated rings. The van der Waals surface area contributed by atoms with E-state index in [2.05, 4.69) is 5.32 Å². The van der Waals surface area contributed by atoms with Gasteiger partial charge in [-0.15, -0.1) is 0 Å². The molecule has 0 radical (unpaired) electrons. The van der Waals surface area contributed by atoms with Gasteiger partial charge in [0.25, 0.3) is 5.91 Å². The zero-order chi connectivity index (χ0) is 15.9. The number of methoxy groups -OCH3 is 1. The van der Waals surface area contributed by atoms with E-state index in [0.29, 0.717) is 13.1 Å². The van der Waals surface area contributed by atoms with Crippen LogP contribution in [0.1, 0.15) is 12.5 Å². The van der Waals surface area contributed by atoms with Crippen LogP contribution in [-0.4, -0.2) is 56.5 Å². The van der Waals surface area contributed by atoms with Crippen molar-refractivity contribution in [2.75, 3.05) is 39.8 Å². The average Bonchev–Trinajstić information content (AvgIpc) is 2.54. The first-order chi connectivity index (χ1) is 10.6. The van der Waals surface area contributed by atoms with Gasteiger partial charge in [-0.3, -0.25) is 9.59 Å². The Morgan fingerprint density at radius 1 is 1.23 bits per heavy atom. The zero-order valence-corrected chi connectivity index (χ0v) is 13.2. The Hall–Kier alpha value is -2.08. The molecule has 1 heterocycles. The van der Waals surface area contributed by atoms with Gasteiger partial charge in [0, 0.05) is 13.5 Å². The van der Waals surface area contributed by atoms with Gasteiger partial charge in [0.05, 0.1) is 33.3 Å². The molecule has 0 spiro atoms. The molecule has 2 rings (SSSR count). The molecule has 0 unspecified atom stereocenters. The molecule has 120 valence electrons. The fourth-order valence-corrected chi connectivity index (χ4v) is 2.55. The number of nitrogens with zero attached hydrogens (tertiary/aromatic N) is 1. The van der Waals surface area contributed by atoms with E-state index in [9.17, 15) is 9.59 Å². The molecule has 1 aliphatic rings. The molecule has 1 saturated heterocycles. The molecule has 0 bridgehead atoms. The van der Waals surface area contributed by atoms with Gasteiger partial charge in [0.2, 0.25) is 5.91 Å². The van der Waals surface area contributed by atoms with Crippen molar-refractivity contribution in [2.24, 2.45) is 0 Å². The first-order valence-electron chi connectivity index (χ1n) is 7.57. The van der Waals surface area contributed by atoms with Gasteiger partial charge in [-0.25, -0.2) is 0 Å². The van der Waals surface area contributed by atoms with Crippen LogP contribution >= 0.6 is 0 Å². The predicted molar refractivity (Wildman–Crippen MR) is 82.7 cm³/mol. The minimum absolute atomic E-state index is 0.0436. The van der Waals surface area contributed by atoms with Crippen LogP contribution in [0, 0.1) is 0 Å². The minimum Gasteiger partial charge on any atom is -0.497 e. The van der Waals surface area contributed by atoms with Crippen LogP contribution in [0.2, 0.25) is 0 Å². The number of piperazine rings is 1. The summed E-state index contributed by atoms with van der Waals surface area (Å²) in [6.45, 7) is 5.70. The summed E-state index contributed by atoms with van der Waals surface area (Å²) in [7, 11) is 1.63. The molecule has 0 atom stereocenters. The molecule has 6 nitrogen and oxygen atoms in total. The molecule has 22 heavy (non-hydrogen) atoms. The minimum atomic E-state index is 0.0436. The summed E-state index contributed by atoms with van der Waals surface area (Å²) in [6, 6.07) is 7.65. The summed E-state index contributed by atoms with van der Waals surface area (Å²) in [4.78, 5) is 26.3. The van der Waals surface area contributed by atoms with Crippen molar-refractivity contribution in [1.29, 1.82) is 0 Å². The van der Waals surface area contributed by atoms with E-state index in [-0.39, 0.29) is 11.8 Å². The molecular weight excluding hydrogens is 282 g/mol. The number of carbonyl (C=O) groups excluding carboxylic acids is 2. The molecule has 0 saturated carbocycles. The molecule has 2 N–H and O–H groups in total. The number of amides is 2. The Labute approximate surface area is 131 Å². The highest BCUT2D eigenvalue weighted by Gasteiger charge is 2.23. The summed E-state index contributed by atoms with van der Waals surface area (Å²) in [6.07, 6.45) is 0. The molecule has 0 aliphatic carbocycles. The van der Waals surface area contributed by atoms with Crippen molar-refractivity contribution < 1.29 is 19.2 Å². The molecule has 1 aromatic rings. The van der Waals surface area contributed by atoms with E-state index < -0.39 is 0 Å². The highest BCUT2D eigenvalue weighted by molar-refractivity contribution is 5.76. The predicted octanol–water partition coefficient (Wildman–Crippen LogP) is -0.942. The normalized spacial score (nSPS) is 15.5. The fourth-order valence-electron chi connectivity index (χ4n) is 2.55.